The van der Waals surface area contributed by atoms with E-state index in [1.165, 1.54) is 5.69 Å². The summed E-state index contributed by atoms with van der Waals surface area (Å²) in [4.78, 5) is 15.1. The van der Waals surface area contributed by atoms with Gasteiger partial charge in [-0.25, -0.2) is 0 Å². The molecule has 0 atom stereocenters. The predicted molar refractivity (Wildman–Crippen MR) is 100 cm³/mol. The smallest absolute Gasteiger partial charge is 0.258 e. The third-order valence-corrected chi connectivity index (χ3v) is 4.91. The Morgan fingerprint density at radius 1 is 1.08 bits per heavy atom. The van der Waals surface area contributed by atoms with Gasteiger partial charge in [0.2, 0.25) is 0 Å². The molecule has 1 amide bonds. The van der Waals surface area contributed by atoms with Crippen LogP contribution < -0.4 is 10.6 Å². The Kier molecular flexibility index (Phi) is 3.90. The summed E-state index contributed by atoms with van der Waals surface area (Å²) in [6.07, 6.45) is 2.88. The summed E-state index contributed by atoms with van der Waals surface area (Å²) in [6, 6.07) is 18.0. The van der Waals surface area contributed by atoms with Crippen molar-refractivity contribution < 1.29 is 4.79 Å². The largest absolute Gasteiger partial charge is 0.326 e. The van der Waals surface area contributed by atoms with E-state index in [-0.39, 0.29) is 5.91 Å². The van der Waals surface area contributed by atoms with Gasteiger partial charge in [-0.1, -0.05) is 18.2 Å². The van der Waals surface area contributed by atoms with Gasteiger partial charge >= 0.3 is 0 Å². The molecule has 0 radical (unpaired) electrons. The lowest BCUT2D eigenvalue weighted by Gasteiger charge is -2.23. The van der Waals surface area contributed by atoms with E-state index in [4.69, 9.17) is 5.73 Å². The van der Waals surface area contributed by atoms with E-state index >= 15 is 0 Å². The fourth-order valence-electron chi connectivity index (χ4n) is 3.52. The quantitative estimate of drug-likeness (QED) is 0.782. The Bertz CT molecular complexity index is 942. The molecule has 2 aromatic carbocycles. The zero-order chi connectivity index (χ0) is 17.4. The summed E-state index contributed by atoms with van der Waals surface area (Å²) < 4.78 is 2.17. The first kappa shape index (κ1) is 15.7. The van der Waals surface area contributed by atoms with Crippen LogP contribution in [0.15, 0.2) is 60.8 Å². The van der Waals surface area contributed by atoms with Gasteiger partial charge in [-0.15, -0.1) is 0 Å². The Morgan fingerprint density at radius 2 is 1.88 bits per heavy atom. The van der Waals surface area contributed by atoms with Gasteiger partial charge in [0.15, 0.2) is 0 Å². The molecule has 0 aliphatic carbocycles. The lowest BCUT2D eigenvalue weighted by atomic mass is 10.0. The Labute approximate surface area is 147 Å². The van der Waals surface area contributed by atoms with Crippen LogP contribution in [-0.4, -0.2) is 17.0 Å². The predicted octanol–water partition coefficient (Wildman–Crippen LogP) is 3.45. The van der Waals surface area contributed by atoms with E-state index in [9.17, 15) is 4.79 Å². The highest BCUT2D eigenvalue weighted by molar-refractivity contribution is 6.07. The number of hydrogen-bond acceptors (Lipinski definition) is 2. The van der Waals surface area contributed by atoms with Crippen LogP contribution in [0.2, 0.25) is 0 Å². The van der Waals surface area contributed by atoms with Crippen molar-refractivity contribution >= 4 is 11.6 Å². The molecule has 2 N–H and O–H groups in total. The molecule has 126 valence electrons. The molecule has 4 rings (SSSR count). The van der Waals surface area contributed by atoms with Gasteiger partial charge in [0.25, 0.3) is 5.91 Å². The number of carbonyl (C=O) groups is 1. The van der Waals surface area contributed by atoms with Crippen molar-refractivity contribution in [1.29, 1.82) is 0 Å². The first-order valence-corrected chi connectivity index (χ1v) is 8.56. The summed E-state index contributed by atoms with van der Waals surface area (Å²) in [6.45, 7) is 3.15. The van der Waals surface area contributed by atoms with E-state index in [0.717, 1.165) is 28.9 Å². The van der Waals surface area contributed by atoms with Crippen molar-refractivity contribution in [3.63, 3.8) is 0 Å². The third-order valence-electron chi connectivity index (χ3n) is 4.91. The summed E-state index contributed by atoms with van der Waals surface area (Å²) >= 11 is 0. The first-order chi connectivity index (χ1) is 12.2. The average Bonchev–Trinajstić information content (AvgIpc) is 3.04. The Balaban J connectivity index is 1.77. The van der Waals surface area contributed by atoms with E-state index in [1.807, 2.05) is 48.2 Å². The number of benzene rings is 2. The monoisotopic (exact) mass is 331 g/mol. The molecule has 0 saturated heterocycles. The van der Waals surface area contributed by atoms with Crippen LogP contribution in [-0.2, 0) is 13.0 Å². The average molecular weight is 331 g/mol. The maximum absolute atomic E-state index is 13.2. The number of aryl methyl sites for hydroxylation is 1. The van der Waals surface area contributed by atoms with E-state index in [0.29, 0.717) is 18.7 Å². The number of nitrogens with zero attached hydrogens (tertiary/aromatic N) is 2. The summed E-state index contributed by atoms with van der Waals surface area (Å²) in [5.74, 6) is 0.0323. The lowest BCUT2D eigenvalue weighted by molar-refractivity contribution is 0.0987. The van der Waals surface area contributed by atoms with Crippen LogP contribution >= 0.6 is 0 Å². The van der Waals surface area contributed by atoms with Crippen molar-refractivity contribution in [3.8, 4) is 5.69 Å². The molecule has 1 aliphatic heterocycles. The molecule has 0 unspecified atom stereocenters. The van der Waals surface area contributed by atoms with E-state index < -0.39 is 0 Å². The Hall–Kier alpha value is -2.85. The number of nitrogens with two attached hydrogens (primary N) is 1. The van der Waals surface area contributed by atoms with Crippen LogP contribution in [0.25, 0.3) is 5.69 Å². The number of aromatic nitrogens is 1. The molecular formula is C21H21N3O. The van der Waals surface area contributed by atoms with Crippen molar-refractivity contribution in [2.75, 3.05) is 11.4 Å². The summed E-state index contributed by atoms with van der Waals surface area (Å²) in [5.41, 5.74) is 11.8. The maximum Gasteiger partial charge on any atom is 0.258 e. The molecule has 0 saturated carbocycles. The number of fused-ring (bicyclic) bond motifs is 3. The number of rotatable bonds is 2. The van der Waals surface area contributed by atoms with Gasteiger partial charge in [-0.2, -0.15) is 0 Å². The van der Waals surface area contributed by atoms with Crippen molar-refractivity contribution in [2.24, 2.45) is 5.73 Å². The maximum atomic E-state index is 13.2. The zero-order valence-electron chi connectivity index (χ0n) is 14.3. The zero-order valence-corrected chi connectivity index (χ0v) is 14.3. The van der Waals surface area contributed by atoms with Gasteiger partial charge in [0.05, 0.1) is 11.4 Å². The van der Waals surface area contributed by atoms with E-state index in [1.54, 1.807) is 0 Å². The van der Waals surface area contributed by atoms with Crippen molar-refractivity contribution in [1.82, 2.24) is 4.57 Å². The minimum atomic E-state index is 0.0323. The molecule has 25 heavy (non-hydrogen) atoms. The molecular weight excluding hydrogens is 310 g/mol. The second-order valence-corrected chi connectivity index (χ2v) is 6.41. The van der Waals surface area contributed by atoms with Gasteiger partial charge in [0, 0.05) is 37.0 Å². The first-order valence-electron chi connectivity index (χ1n) is 8.56. The molecule has 0 bridgehead atoms. The lowest BCUT2D eigenvalue weighted by Crippen LogP contribution is -2.32. The SMILES string of the molecule is Cc1cc(C(=O)N2CCc3cccn3-c3ccccc32)ccc1CN. The number of amides is 1. The topological polar surface area (TPSA) is 51.3 Å². The molecule has 1 aromatic heterocycles. The second-order valence-electron chi connectivity index (χ2n) is 6.41. The number of anilines is 1. The standard InChI is InChI=1S/C21H21N3O/c1-15-13-16(8-9-17(15)14-22)21(25)24-12-10-18-5-4-11-23(18)19-6-2-3-7-20(19)24/h2-9,11,13H,10,12,14,22H2,1H3. The molecule has 4 nitrogen and oxygen atoms in total. The second kappa shape index (κ2) is 6.22. The van der Waals surface area contributed by atoms with Crippen molar-refractivity contribution in [3.05, 3.63) is 83.2 Å². The number of hydrogen-bond donors (Lipinski definition) is 1. The van der Waals surface area contributed by atoms with Crippen LogP contribution in [0.3, 0.4) is 0 Å². The van der Waals surface area contributed by atoms with Crippen LogP contribution in [0.1, 0.15) is 27.2 Å². The molecule has 0 spiro atoms. The van der Waals surface area contributed by atoms with Crippen LogP contribution in [0.4, 0.5) is 5.69 Å². The number of para-hydroxylation sites is 2. The summed E-state index contributed by atoms with van der Waals surface area (Å²) in [5, 5.41) is 0. The summed E-state index contributed by atoms with van der Waals surface area (Å²) in [7, 11) is 0. The highest BCUT2D eigenvalue weighted by Gasteiger charge is 2.24. The van der Waals surface area contributed by atoms with Crippen LogP contribution in [0.5, 0.6) is 0 Å². The highest BCUT2D eigenvalue weighted by atomic mass is 16.2. The fraction of sp³-hybridized carbons (Fsp3) is 0.190. The van der Waals surface area contributed by atoms with Gasteiger partial charge in [-0.05, 0) is 54.4 Å². The molecule has 4 heteroatoms. The van der Waals surface area contributed by atoms with Gasteiger partial charge in [0.1, 0.15) is 0 Å². The number of carbonyl (C=O) groups excluding carboxylic acids is 1. The Morgan fingerprint density at radius 3 is 2.64 bits per heavy atom. The minimum absolute atomic E-state index is 0.0323. The third kappa shape index (κ3) is 2.65. The van der Waals surface area contributed by atoms with Crippen molar-refractivity contribution in [2.45, 2.75) is 19.9 Å². The highest BCUT2D eigenvalue weighted by Crippen LogP contribution is 2.30. The van der Waals surface area contributed by atoms with E-state index in [2.05, 4.69) is 29.0 Å². The molecule has 1 aliphatic rings. The van der Waals surface area contributed by atoms with Gasteiger partial charge < -0.3 is 15.2 Å². The van der Waals surface area contributed by atoms with Crippen LogP contribution in [0, 0.1) is 6.92 Å². The van der Waals surface area contributed by atoms with Gasteiger partial charge in [-0.3, -0.25) is 4.79 Å². The molecule has 2 heterocycles. The molecule has 3 aromatic rings. The minimum Gasteiger partial charge on any atom is -0.326 e. The fourth-order valence-corrected chi connectivity index (χ4v) is 3.52. The molecule has 0 fully saturated rings. The normalized spacial score (nSPS) is 13.1.